The minimum absolute atomic E-state index is 0.122. The van der Waals surface area contributed by atoms with E-state index in [1.165, 1.54) is 13.1 Å². The van der Waals surface area contributed by atoms with Gasteiger partial charge >= 0.3 is 30.1 Å². The van der Waals surface area contributed by atoms with Crippen molar-refractivity contribution >= 4 is 29.9 Å². The molecular weight excluding hydrogens is 330 g/mol. The third-order valence-corrected chi connectivity index (χ3v) is 2.94. The number of rotatable bonds is 6. The standard InChI is InChI=1S/C17H19NO7/c1-11(19)24-17(25-12(2)20)15(21)18(3)14(16(22)23-4)10-13-8-6-5-7-9-13/h5-10,17H,1-4H3/b14-10+. The fraction of sp³-hybridized carbons (Fsp3) is 0.294. The van der Waals surface area contributed by atoms with Gasteiger partial charge in [0.1, 0.15) is 5.70 Å². The Morgan fingerprint density at radius 2 is 1.52 bits per heavy atom. The van der Waals surface area contributed by atoms with Gasteiger partial charge in [0, 0.05) is 20.9 Å². The first kappa shape index (κ1) is 19.9. The van der Waals surface area contributed by atoms with Crippen LogP contribution in [-0.2, 0) is 33.4 Å². The first-order valence-corrected chi connectivity index (χ1v) is 7.23. The summed E-state index contributed by atoms with van der Waals surface area (Å²) in [4.78, 5) is 47.7. The zero-order valence-corrected chi connectivity index (χ0v) is 14.3. The molecule has 1 amide bonds. The van der Waals surface area contributed by atoms with Crippen molar-refractivity contribution in [3.8, 4) is 0 Å². The summed E-state index contributed by atoms with van der Waals surface area (Å²) in [7, 11) is 2.43. The second-order valence-electron chi connectivity index (χ2n) is 4.88. The third-order valence-electron chi connectivity index (χ3n) is 2.94. The molecule has 0 saturated heterocycles. The van der Waals surface area contributed by atoms with E-state index in [1.807, 2.05) is 0 Å². The van der Waals surface area contributed by atoms with Crippen LogP contribution >= 0.6 is 0 Å². The van der Waals surface area contributed by atoms with Crippen LogP contribution in [0.15, 0.2) is 36.0 Å². The maximum atomic E-state index is 12.5. The summed E-state index contributed by atoms with van der Waals surface area (Å²) in [6.45, 7) is 2.12. The first-order valence-electron chi connectivity index (χ1n) is 7.23. The van der Waals surface area contributed by atoms with Crippen LogP contribution in [0.1, 0.15) is 19.4 Å². The summed E-state index contributed by atoms with van der Waals surface area (Å²) in [5, 5.41) is 0. The lowest BCUT2D eigenvalue weighted by atomic mass is 10.2. The largest absolute Gasteiger partial charge is 0.464 e. The minimum atomic E-state index is -1.80. The fourth-order valence-electron chi connectivity index (χ4n) is 1.81. The lowest BCUT2D eigenvalue weighted by Crippen LogP contribution is -2.42. The highest BCUT2D eigenvalue weighted by molar-refractivity contribution is 5.99. The Morgan fingerprint density at radius 3 is 1.96 bits per heavy atom. The van der Waals surface area contributed by atoms with Crippen LogP contribution in [0.4, 0.5) is 0 Å². The molecule has 0 radical (unpaired) electrons. The molecule has 0 fully saturated rings. The number of carbonyl (C=O) groups excluding carboxylic acids is 4. The first-order chi connectivity index (χ1) is 11.8. The van der Waals surface area contributed by atoms with Crippen LogP contribution in [0.3, 0.4) is 0 Å². The number of benzene rings is 1. The summed E-state index contributed by atoms with van der Waals surface area (Å²) in [6.07, 6.45) is -0.383. The normalized spacial score (nSPS) is 10.8. The predicted octanol–water partition coefficient (Wildman–Crippen LogP) is 1.11. The summed E-state index contributed by atoms with van der Waals surface area (Å²) >= 11 is 0. The molecule has 0 aliphatic rings. The topological polar surface area (TPSA) is 99.2 Å². The van der Waals surface area contributed by atoms with Gasteiger partial charge in [0.25, 0.3) is 0 Å². The van der Waals surface area contributed by atoms with Crippen molar-refractivity contribution in [3.05, 3.63) is 41.6 Å². The zero-order valence-electron chi connectivity index (χ0n) is 14.3. The van der Waals surface area contributed by atoms with Crippen molar-refractivity contribution in [2.75, 3.05) is 14.2 Å². The van der Waals surface area contributed by atoms with Gasteiger partial charge in [-0.3, -0.25) is 14.4 Å². The van der Waals surface area contributed by atoms with Gasteiger partial charge in [0.2, 0.25) is 0 Å². The van der Waals surface area contributed by atoms with E-state index in [2.05, 4.69) is 4.74 Å². The highest BCUT2D eigenvalue weighted by atomic mass is 16.7. The Labute approximate surface area is 145 Å². The number of amides is 1. The van der Waals surface area contributed by atoms with E-state index in [0.29, 0.717) is 5.56 Å². The van der Waals surface area contributed by atoms with E-state index in [0.717, 1.165) is 25.9 Å². The van der Waals surface area contributed by atoms with E-state index in [9.17, 15) is 19.2 Å². The summed E-state index contributed by atoms with van der Waals surface area (Å²) in [6, 6.07) is 8.74. The molecule has 0 saturated carbocycles. The highest BCUT2D eigenvalue weighted by Gasteiger charge is 2.32. The van der Waals surface area contributed by atoms with Gasteiger partial charge in [-0.05, 0) is 11.6 Å². The molecule has 1 rings (SSSR count). The molecule has 0 spiro atoms. The zero-order chi connectivity index (χ0) is 19.0. The molecule has 0 atom stereocenters. The monoisotopic (exact) mass is 349 g/mol. The molecule has 8 nitrogen and oxygen atoms in total. The van der Waals surface area contributed by atoms with E-state index in [1.54, 1.807) is 30.3 Å². The number of hydrogen-bond acceptors (Lipinski definition) is 7. The highest BCUT2D eigenvalue weighted by Crippen LogP contribution is 2.14. The summed E-state index contributed by atoms with van der Waals surface area (Å²) in [5.74, 6) is -3.35. The van der Waals surface area contributed by atoms with Crippen LogP contribution in [0.25, 0.3) is 6.08 Å². The molecule has 1 aromatic carbocycles. The average molecular weight is 349 g/mol. The van der Waals surface area contributed by atoms with Gasteiger partial charge in [0.15, 0.2) is 0 Å². The van der Waals surface area contributed by atoms with Crippen molar-refractivity contribution in [2.45, 2.75) is 20.1 Å². The van der Waals surface area contributed by atoms with Gasteiger partial charge in [-0.1, -0.05) is 30.3 Å². The quantitative estimate of drug-likeness (QED) is 0.431. The second kappa shape index (κ2) is 9.21. The lowest BCUT2D eigenvalue weighted by molar-refractivity contribution is -0.193. The van der Waals surface area contributed by atoms with Crippen LogP contribution in [0, 0.1) is 0 Å². The van der Waals surface area contributed by atoms with E-state index < -0.39 is 30.1 Å². The molecule has 0 aromatic heterocycles. The molecule has 0 aliphatic heterocycles. The molecule has 0 heterocycles. The maximum Gasteiger partial charge on any atom is 0.354 e. The third kappa shape index (κ3) is 6.09. The smallest absolute Gasteiger partial charge is 0.354 e. The average Bonchev–Trinajstić information content (AvgIpc) is 2.57. The molecule has 8 heteroatoms. The Bertz CT molecular complexity index is 665. The molecule has 0 bridgehead atoms. The molecule has 0 unspecified atom stereocenters. The van der Waals surface area contributed by atoms with E-state index in [4.69, 9.17) is 9.47 Å². The van der Waals surface area contributed by atoms with Gasteiger partial charge in [0.05, 0.1) is 7.11 Å². The number of nitrogens with zero attached hydrogens (tertiary/aromatic N) is 1. The molecule has 1 aromatic rings. The molecule has 0 N–H and O–H groups in total. The number of methoxy groups -OCH3 is 1. The van der Waals surface area contributed by atoms with Gasteiger partial charge in [-0.25, -0.2) is 4.79 Å². The molecule has 134 valence electrons. The Kier molecular flexibility index (Phi) is 7.33. The van der Waals surface area contributed by atoms with Crippen LogP contribution in [0.5, 0.6) is 0 Å². The maximum absolute atomic E-state index is 12.5. The fourth-order valence-corrected chi connectivity index (χ4v) is 1.81. The van der Waals surface area contributed by atoms with E-state index >= 15 is 0 Å². The number of esters is 3. The summed E-state index contributed by atoms with van der Waals surface area (Å²) < 4.78 is 14.1. The molecule has 25 heavy (non-hydrogen) atoms. The van der Waals surface area contributed by atoms with Crippen LogP contribution in [-0.4, -0.2) is 49.2 Å². The minimum Gasteiger partial charge on any atom is -0.464 e. The van der Waals surface area contributed by atoms with Gasteiger partial charge in [-0.2, -0.15) is 0 Å². The lowest BCUT2D eigenvalue weighted by Gasteiger charge is -2.23. The van der Waals surface area contributed by atoms with Crippen LogP contribution < -0.4 is 0 Å². The van der Waals surface area contributed by atoms with Gasteiger partial charge in [-0.15, -0.1) is 0 Å². The predicted molar refractivity (Wildman–Crippen MR) is 86.5 cm³/mol. The van der Waals surface area contributed by atoms with Crippen molar-refractivity contribution in [2.24, 2.45) is 0 Å². The molecular formula is C17H19NO7. The van der Waals surface area contributed by atoms with Crippen LogP contribution in [0.2, 0.25) is 0 Å². The van der Waals surface area contributed by atoms with Crippen molar-refractivity contribution < 1.29 is 33.4 Å². The number of likely N-dealkylation sites (N-methyl/N-ethyl adjacent to an activating group) is 1. The number of ether oxygens (including phenoxy) is 3. The van der Waals surface area contributed by atoms with E-state index in [-0.39, 0.29) is 5.70 Å². The Morgan fingerprint density at radius 1 is 1.00 bits per heavy atom. The van der Waals surface area contributed by atoms with Gasteiger partial charge < -0.3 is 19.1 Å². The SMILES string of the molecule is COC(=O)/C(=C\c1ccccc1)N(C)C(=O)C(OC(C)=O)OC(C)=O. The van der Waals surface area contributed by atoms with Crippen molar-refractivity contribution in [3.63, 3.8) is 0 Å². The molecule has 0 aliphatic carbocycles. The van der Waals surface area contributed by atoms with Crippen molar-refractivity contribution in [1.82, 2.24) is 4.90 Å². The van der Waals surface area contributed by atoms with Crippen molar-refractivity contribution in [1.29, 1.82) is 0 Å². The number of hydrogen-bond donors (Lipinski definition) is 0. The number of carbonyl (C=O) groups is 4. The second-order valence-corrected chi connectivity index (χ2v) is 4.88. The Balaban J connectivity index is 3.17. The summed E-state index contributed by atoms with van der Waals surface area (Å²) in [5.41, 5.74) is 0.516. The Hall–Kier alpha value is -3.16.